The van der Waals surface area contributed by atoms with Gasteiger partial charge in [-0.3, -0.25) is 24.6 Å². The largest absolute Gasteiger partial charge is 0.494 e. The molecule has 0 bridgehead atoms. The normalized spacial score (nSPS) is 17.3. The van der Waals surface area contributed by atoms with Crippen LogP contribution in [0.15, 0.2) is 52.5 Å². The minimum absolute atomic E-state index is 0.00865. The lowest BCUT2D eigenvalue weighted by Gasteiger charge is -2.29. The van der Waals surface area contributed by atoms with E-state index in [0.29, 0.717) is 60.1 Å². The molecule has 2 aliphatic heterocycles. The molecule has 0 unspecified atom stereocenters. The summed E-state index contributed by atoms with van der Waals surface area (Å²) in [5, 5.41) is 2.56. The van der Waals surface area contributed by atoms with E-state index < -0.39 is 11.8 Å². The number of carbonyl (C=O) groups is 3. The standard InChI is InChI=1S/C25H24BrN3O6S/c1-2-34-18-5-3-4-17(14-18)29-24(32)19(23(31)27-25(29)36)12-16-6-7-21(20(26)13-16)35-15-22(30)28-8-10-33-11-9-28/h3-7,12-14H,2,8-11,15H2,1H3,(H,27,31,36)/b19-12+. The van der Waals surface area contributed by atoms with Gasteiger partial charge in [0, 0.05) is 19.2 Å². The smallest absolute Gasteiger partial charge is 0.270 e. The van der Waals surface area contributed by atoms with Crippen LogP contribution in [-0.4, -0.2) is 67.3 Å². The Morgan fingerprint density at radius 3 is 2.67 bits per heavy atom. The van der Waals surface area contributed by atoms with Gasteiger partial charge < -0.3 is 19.1 Å². The Hall–Kier alpha value is -3.28. The summed E-state index contributed by atoms with van der Waals surface area (Å²) in [5.41, 5.74) is 0.994. The summed E-state index contributed by atoms with van der Waals surface area (Å²) in [7, 11) is 0. The Labute approximate surface area is 222 Å². The number of anilines is 1. The van der Waals surface area contributed by atoms with E-state index in [1.165, 1.54) is 11.0 Å². The van der Waals surface area contributed by atoms with Crippen LogP contribution < -0.4 is 19.7 Å². The number of thiocarbonyl (C=S) groups is 1. The zero-order valence-corrected chi connectivity index (χ0v) is 21.9. The molecule has 2 aliphatic rings. The van der Waals surface area contributed by atoms with Crippen molar-refractivity contribution >= 4 is 62.7 Å². The fourth-order valence-electron chi connectivity index (χ4n) is 3.71. The predicted octanol–water partition coefficient (Wildman–Crippen LogP) is 2.92. The molecule has 4 rings (SSSR count). The van der Waals surface area contributed by atoms with Gasteiger partial charge >= 0.3 is 0 Å². The Kier molecular flexibility index (Phi) is 8.34. The summed E-state index contributed by atoms with van der Waals surface area (Å²) in [5.74, 6) is -0.210. The zero-order chi connectivity index (χ0) is 25.7. The van der Waals surface area contributed by atoms with Gasteiger partial charge in [-0.25, -0.2) is 0 Å². The third-order valence-electron chi connectivity index (χ3n) is 5.47. The van der Waals surface area contributed by atoms with Crippen LogP contribution in [0.2, 0.25) is 0 Å². The predicted molar refractivity (Wildman–Crippen MR) is 141 cm³/mol. The van der Waals surface area contributed by atoms with Crippen LogP contribution in [0.3, 0.4) is 0 Å². The van der Waals surface area contributed by atoms with Crippen LogP contribution in [-0.2, 0) is 19.1 Å². The number of morpholine rings is 1. The highest BCUT2D eigenvalue weighted by Gasteiger charge is 2.34. The number of benzene rings is 2. The lowest BCUT2D eigenvalue weighted by Crippen LogP contribution is -2.54. The summed E-state index contributed by atoms with van der Waals surface area (Å²) < 4.78 is 17.0. The number of halogens is 1. The van der Waals surface area contributed by atoms with E-state index in [2.05, 4.69) is 21.2 Å². The first-order valence-electron chi connectivity index (χ1n) is 11.3. The molecule has 3 amide bonds. The minimum atomic E-state index is -0.588. The van der Waals surface area contributed by atoms with Crippen LogP contribution >= 0.6 is 28.1 Å². The average molecular weight is 574 g/mol. The van der Waals surface area contributed by atoms with Gasteiger partial charge in [0.05, 0.1) is 30.0 Å². The molecule has 1 N–H and O–H groups in total. The number of amides is 3. The van der Waals surface area contributed by atoms with Gasteiger partial charge in [-0.05, 0) is 71.0 Å². The van der Waals surface area contributed by atoms with Crippen LogP contribution in [0.5, 0.6) is 11.5 Å². The first kappa shape index (κ1) is 25.8. The Morgan fingerprint density at radius 2 is 1.94 bits per heavy atom. The van der Waals surface area contributed by atoms with Crippen molar-refractivity contribution in [2.75, 3.05) is 44.4 Å². The third-order valence-corrected chi connectivity index (χ3v) is 6.37. The van der Waals surface area contributed by atoms with E-state index in [9.17, 15) is 14.4 Å². The van der Waals surface area contributed by atoms with Crippen LogP contribution in [0.4, 0.5) is 5.69 Å². The number of nitrogens with one attached hydrogen (secondary N) is 1. The quantitative estimate of drug-likeness (QED) is 0.309. The summed E-state index contributed by atoms with van der Waals surface area (Å²) in [6, 6.07) is 12.0. The van der Waals surface area contributed by atoms with Crippen LogP contribution in [0.1, 0.15) is 12.5 Å². The van der Waals surface area contributed by atoms with Gasteiger partial charge in [-0.15, -0.1) is 0 Å². The fraction of sp³-hybridized carbons (Fsp3) is 0.280. The van der Waals surface area contributed by atoms with Gasteiger partial charge in [-0.1, -0.05) is 12.1 Å². The molecule has 0 atom stereocenters. The van der Waals surface area contributed by atoms with Crippen molar-refractivity contribution in [3.05, 3.63) is 58.1 Å². The first-order valence-corrected chi connectivity index (χ1v) is 12.5. The van der Waals surface area contributed by atoms with Crippen LogP contribution in [0, 0.1) is 0 Å². The summed E-state index contributed by atoms with van der Waals surface area (Å²) in [6.45, 7) is 4.36. The van der Waals surface area contributed by atoms with Gasteiger partial charge in [0.2, 0.25) is 0 Å². The highest BCUT2D eigenvalue weighted by atomic mass is 79.9. The number of nitrogens with zero attached hydrogens (tertiary/aromatic N) is 2. The van der Waals surface area contributed by atoms with Crippen molar-refractivity contribution in [3.8, 4) is 11.5 Å². The number of hydrogen-bond acceptors (Lipinski definition) is 7. The van der Waals surface area contributed by atoms with Crippen molar-refractivity contribution in [1.29, 1.82) is 0 Å². The second-order valence-electron chi connectivity index (χ2n) is 7.86. The molecule has 0 spiro atoms. The third kappa shape index (κ3) is 5.92. The molecule has 2 heterocycles. The molecule has 0 saturated carbocycles. The SMILES string of the molecule is CCOc1cccc(N2C(=O)/C(=C/c3ccc(OCC(=O)N4CCOCC4)c(Br)c3)C(=O)NC2=S)c1. The Balaban J connectivity index is 1.50. The van der Waals surface area contributed by atoms with Gasteiger partial charge in [0.1, 0.15) is 17.1 Å². The fourth-order valence-corrected chi connectivity index (χ4v) is 4.50. The molecule has 2 aromatic rings. The molecule has 11 heteroatoms. The van der Waals surface area contributed by atoms with Crippen molar-refractivity contribution < 1.29 is 28.6 Å². The van der Waals surface area contributed by atoms with Gasteiger partial charge in [-0.2, -0.15) is 0 Å². The number of hydrogen-bond donors (Lipinski definition) is 1. The number of rotatable bonds is 7. The van der Waals surface area contributed by atoms with Crippen molar-refractivity contribution in [3.63, 3.8) is 0 Å². The van der Waals surface area contributed by atoms with E-state index in [-0.39, 0.29) is 23.2 Å². The summed E-state index contributed by atoms with van der Waals surface area (Å²) in [6.07, 6.45) is 1.48. The molecule has 0 aromatic heterocycles. The minimum Gasteiger partial charge on any atom is -0.494 e. The van der Waals surface area contributed by atoms with E-state index in [4.69, 9.17) is 26.4 Å². The molecular weight excluding hydrogens is 550 g/mol. The Bertz CT molecular complexity index is 1230. The maximum atomic E-state index is 13.3. The highest BCUT2D eigenvalue weighted by molar-refractivity contribution is 9.10. The van der Waals surface area contributed by atoms with E-state index in [0.717, 1.165) is 0 Å². The maximum absolute atomic E-state index is 13.3. The van der Waals surface area contributed by atoms with Gasteiger partial charge in [0.15, 0.2) is 11.7 Å². The molecule has 9 nitrogen and oxygen atoms in total. The molecular formula is C25H24BrN3O6S. The monoisotopic (exact) mass is 573 g/mol. The van der Waals surface area contributed by atoms with E-state index in [1.54, 1.807) is 47.4 Å². The molecule has 2 aromatic carbocycles. The Morgan fingerprint density at radius 1 is 1.17 bits per heavy atom. The number of ether oxygens (including phenoxy) is 3. The van der Waals surface area contributed by atoms with Crippen molar-refractivity contribution in [1.82, 2.24) is 10.2 Å². The second kappa shape index (κ2) is 11.6. The van der Waals surface area contributed by atoms with E-state index in [1.807, 2.05) is 6.92 Å². The van der Waals surface area contributed by atoms with Crippen molar-refractivity contribution in [2.24, 2.45) is 0 Å². The first-order chi connectivity index (χ1) is 17.4. The summed E-state index contributed by atoms with van der Waals surface area (Å²) >= 11 is 8.71. The topological polar surface area (TPSA) is 97.4 Å². The van der Waals surface area contributed by atoms with Gasteiger partial charge in [0.25, 0.3) is 17.7 Å². The molecule has 0 aliphatic carbocycles. The highest BCUT2D eigenvalue weighted by Crippen LogP contribution is 2.29. The van der Waals surface area contributed by atoms with Crippen molar-refractivity contribution in [2.45, 2.75) is 6.92 Å². The molecule has 2 fully saturated rings. The lowest BCUT2D eigenvalue weighted by molar-refractivity contribution is -0.137. The average Bonchev–Trinajstić information content (AvgIpc) is 2.87. The molecule has 0 radical (unpaired) electrons. The van der Waals surface area contributed by atoms with E-state index >= 15 is 0 Å². The summed E-state index contributed by atoms with van der Waals surface area (Å²) in [4.78, 5) is 41.2. The lowest BCUT2D eigenvalue weighted by atomic mass is 10.1. The molecule has 36 heavy (non-hydrogen) atoms. The molecule has 2 saturated heterocycles. The second-order valence-corrected chi connectivity index (χ2v) is 9.10. The molecule has 188 valence electrons. The van der Waals surface area contributed by atoms with Crippen LogP contribution in [0.25, 0.3) is 6.08 Å². The zero-order valence-electron chi connectivity index (χ0n) is 19.5. The number of carbonyl (C=O) groups excluding carboxylic acids is 3. The maximum Gasteiger partial charge on any atom is 0.270 e.